The van der Waals surface area contributed by atoms with Crippen LogP contribution in [0.1, 0.15) is 31.9 Å². The lowest BCUT2D eigenvalue weighted by Crippen LogP contribution is -2.27. The van der Waals surface area contributed by atoms with Crippen molar-refractivity contribution in [3.8, 4) is 0 Å². The summed E-state index contributed by atoms with van der Waals surface area (Å²) < 4.78 is 0. The molecule has 0 fully saturated rings. The van der Waals surface area contributed by atoms with Gasteiger partial charge in [0, 0.05) is 19.3 Å². The number of pyridine rings is 1. The first-order valence-corrected chi connectivity index (χ1v) is 6.58. The van der Waals surface area contributed by atoms with Gasteiger partial charge < -0.3 is 14.9 Å². The summed E-state index contributed by atoms with van der Waals surface area (Å²) in [5.41, 5.74) is 0.864. The maximum absolute atomic E-state index is 9.45. The summed E-state index contributed by atoms with van der Waals surface area (Å²) in [5, 5.41) is 9.45. The second-order valence-corrected chi connectivity index (χ2v) is 4.86. The van der Waals surface area contributed by atoms with Crippen molar-refractivity contribution in [3.05, 3.63) is 23.9 Å². The van der Waals surface area contributed by atoms with Crippen molar-refractivity contribution >= 4 is 5.82 Å². The molecule has 0 spiro atoms. The molecule has 0 aliphatic heterocycles. The van der Waals surface area contributed by atoms with Crippen LogP contribution in [0, 0.1) is 0 Å². The van der Waals surface area contributed by atoms with E-state index in [0.29, 0.717) is 0 Å². The molecule has 1 aromatic heterocycles. The Labute approximate surface area is 110 Å². The van der Waals surface area contributed by atoms with Gasteiger partial charge in [0.1, 0.15) is 5.82 Å². The van der Waals surface area contributed by atoms with Gasteiger partial charge in [-0.15, -0.1) is 0 Å². The lowest BCUT2D eigenvalue weighted by atomic mass is 10.2. The maximum Gasteiger partial charge on any atom is 0.128 e. The van der Waals surface area contributed by atoms with E-state index in [1.54, 1.807) is 13.1 Å². The monoisotopic (exact) mass is 251 g/mol. The molecule has 0 bridgehead atoms. The third kappa shape index (κ3) is 4.63. The van der Waals surface area contributed by atoms with Crippen molar-refractivity contribution in [2.75, 3.05) is 38.6 Å². The number of hydrogen-bond donors (Lipinski definition) is 1. The molecule has 0 radical (unpaired) electrons. The van der Waals surface area contributed by atoms with Gasteiger partial charge in [0.15, 0.2) is 0 Å². The molecule has 0 aliphatic carbocycles. The second kappa shape index (κ2) is 7.34. The largest absolute Gasteiger partial charge is 0.389 e. The molecule has 1 aromatic rings. The minimum Gasteiger partial charge on any atom is -0.389 e. The molecular formula is C14H25N3O. The molecule has 18 heavy (non-hydrogen) atoms. The second-order valence-electron chi connectivity index (χ2n) is 4.86. The van der Waals surface area contributed by atoms with Crippen LogP contribution in [0.25, 0.3) is 0 Å². The van der Waals surface area contributed by atoms with Crippen LogP contribution in [0.2, 0.25) is 0 Å². The van der Waals surface area contributed by atoms with E-state index in [1.165, 1.54) is 0 Å². The highest BCUT2D eigenvalue weighted by atomic mass is 16.3. The zero-order chi connectivity index (χ0) is 13.5. The van der Waals surface area contributed by atoms with E-state index >= 15 is 0 Å². The normalized spacial score (nSPS) is 12.8. The van der Waals surface area contributed by atoms with E-state index in [2.05, 4.69) is 35.8 Å². The number of aliphatic hydroxyl groups excluding tert-OH is 1. The highest BCUT2D eigenvalue weighted by molar-refractivity contribution is 5.39. The molecular weight excluding hydrogens is 226 g/mol. The van der Waals surface area contributed by atoms with Crippen LogP contribution < -0.4 is 4.90 Å². The fraction of sp³-hybridized carbons (Fsp3) is 0.643. The Morgan fingerprint density at radius 1 is 1.28 bits per heavy atom. The molecule has 1 atom stereocenters. The molecule has 0 aliphatic rings. The van der Waals surface area contributed by atoms with Crippen LogP contribution in [-0.4, -0.2) is 48.7 Å². The summed E-state index contributed by atoms with van der Waals surface area (Å²) in [7, 11) is 4.18. The summed E-state index contributed by atoms with van der Waals surface area (Å²) in [6.45, 7) is 6.94. The highest BCUT2D eigenvalue weighted by Gasteiger charge is 2.07. The van der Waals surface area contributed by atoms with Crippen molar-refractivity contribution in [1.29, 1.82) is 0 Å². The van der Waals surface area contributed by atoms with Gasteiger partial charge in [-0.25, -0.2) is 4.98 Å². The Hall–Kier alpha value is -1.13. The van der Waals surface area contributed by atoms with Gasteiger partial charge in [0.25, 0.3) is 0 Å². The topological polar surface area (TPSA) is 39.6 Å². The summed E-state index contributed by atoms with van der Waals surface area (Å²) in [6.07, 6.45) is 2.44. The molecule has 0 aromatic carbocycles. The molecule has 1 heterocycles. The minimum absolute atomic E-state index is 0.449. The van der Waals surface area contributed by atoms with Crippen molar-refractivity contribution in [1.82, 2.24) is 9.88 Å². The van der Waals surface area contributed by atoms with Gasteiger partial charge in [0.2, 0.25) is 0 Å². The third-order valence-corrected chi connectivity index (χ3v) is 2.99. The molecule has 102 valence electrons. The Bertz CT molecular complexity index is 335. The first-order chi connectivity index (χ1) is 8.54. The number of rotatable bonds is 7. The summed E-state index contributed by atoms with van der Waals surface area (Å²) in [5.74, 6) is 0.987. The predicted octanol–water partition coefficient (Wildman–Crippen LogP) is 1.91. The summed E-state index contributed by atoms with van der Waals surface area (Å²) >= 11 is 0. The molecule has 0 saturated carbocycles. The number of hydrogen-bond acceptors (Lipinski definition) is 4. The zero-order valence-corrected chi connectivity index (χ0v) is 11.9. The Morgan fingerprint density at radius 2 is 2.00 bits per heavy atom. The molecule has 4 heteroatoms. The minimum atomic E-state index is -0.449. The lowest BCUT2D eigenvalue weighted by Gasteiger charge is -2.23. The van der Waals surface area contributed by atoms with Crippen LogP contribution in [0.5, 0.6) is 0 Å². The molecule has 1 unspecified atom stereocenters. The van der Waals surface area contributed by atoms with Gasteiger partial charge in [0.05, 0.1) is 6.10 Å². The zero-order valence-electron chi connectivity index (χ0n) is 11.9. The molecule has 0 amide bonds. The molecule has 4 nitrogen and oxygen atoms in total. The van der Waals surface area contributed by atoms with Crippen LogP contribution in [-0.2, 0) is 0 Å². The fourth-order valence-electron chi connectivity index (χ4n) is 1.84. The maximum atomic E-state index is 9.45. The van der Waals surface area contributed by atoms with Gasteiger partial charge in [-0.3, -0.25) is 0 Å². The quantitative estimate of drug-likeness (QED) is 0.803. The van der Waals surface area contributed by atoms with Crippen LogP contribution >= 0.6 is 0 Å². The van der Waals surface area contributed by atoms with Crippen molar-refractivity contribution in [2.24, 2.45) is 0 Å². The summed E-state index contributed by atoms with van der Waals surface area (Å²) in [6, 6.07) is 3.93. The Morgan fingerprint density at radius 3 is 2.44 bits per heavy atom. The van der Waals surface area contributed by atoms with Gasteiger partial charge in [-0.2, -0.15) is 0 Å². The number of aliphatic hydroxyl groups is 1. The van der Waals surface area contributed by atoms with E-state index in [0.717, 1.165) is 37.4 Å². The van der Waals surface area contributed by atoms with Crippen molar-refractivity contribution in [3.63, 3.8) is 0 Å². The average molecular weight is 251 g/mol. The SMILES string of the molecule is CCN(CCCN(C)C)c1ccc(C(C)O)cn1. The van der Waals surface area contributed by atoms with E-state index in [-0.39, 0.29) is 0 Å². The smallest absolute Gasteiger partial charge is 0.128 e. The molecule has 1 rings (SSSR count). The first-order valence-electron chi connectivity index (χ1n) is 6.58. The molecule has 1 N–H and O–H groups in total. The van der Waals surface area contributed by atoms with E-state index in [9.17, 15) is 5.11 Å². The van der Waals surface area contributed by atoms with Gasteiger partial charge in [-0.1, -0.05) is 6.07 Å². The Kier molecular flexibility index (Phi) is 6.09. The van der Waals surface area contributed by atoms with Crippen LogP contribution in [0.4, 0.5) is 5.82 Å². The van der Waals surface area contributed by atoms with E-state index < -0.39 is 6.10 Å². The standard InChI is InChI=1S/C14H25N3O/c1-5-17(10-6-9-16(3)4)14-8-7-13(11-15-14)12(2)18/h7-8,11-12,18H,5-6,9-10H2,1-4H3. The number of aromatic nitrogens is 1. The van der Waals surface area contributed by atoms with E-state index in [4.69, 9.17) is 0 Å². The first kappa shape index (κ1) is 14.9. The van der Waals surface area contributed by atoms with E-state index in [1.807, 2.05) is 12.1 Å². The average Bonchev–Trinajstić information content (AvgIpc) is 2.34. The fourth-order valence-corrected chi connectivity index (χ4v) is 1.84. The van der Waals surface area contributed by atoms with Crippen LogP contribution in [0.3, 0.4) is 0 Å². The van der Waals surface area contributed by atoms with Crippen molar-refractivity contribution in [2.45, 2.75) is 26.4 Å². The third-order valence-electron chi connectivity index (χ3n) is 2.99. The van der Waals surface area contributed by atoms with Gasteiger partial charge >= 0.3 is 0 Å². The predicted molar refractivity (Wildman–Crippen MR) is 75.9 cm³/mol. The highest BCUT2D eigenvalue weighted by Crippen LogP contribution is 2.15. The summed E-state index contributed by atoms with van der Waals surface area (Å²) in [4.78, 5) is 8.87. The van der Waals surface area contributed by atoms with Crippen molar-refractivity contribution < 1.29 is 5.11 Å². The lowest BCUT2D eigenvalue weighted by molar-refractivity contribution is 0.199. The van der Waals surface area contributed by atoms with Gasteiger partial charge in [-0.05, 0) is 52.5 Å². The number of nitrogens with zero attached hydrogens (tertiary/aromatic N) is 3. The molecule has 0 saturated heterocycles. The Balaban J connectivity index is 2.58. The number of anilines is 1. The van der Waals surface area contributed by atoms with Crippen LogP contribution in [0.15, 0.2) is 18.3 Å².